The van der Waals surface area contributed by atoms with E-state index in [1.54, 1.807) is 10.6 Å². The normalized spacial score (nSPS) is 11.2. The van der Waals surface area contributed by atoms with Crippen molar-refractivity contribution < 1.29 is 4.92 Å². The first-order valence-electron chi connectivity index (χ1n) is 8.17. The lowest BCUT2D eigenvalue weighted by Gasteiger charge is -2.19. The van der Waals surface area contributed by atoms with Crippen LogP contribution < -0.4 is 11.2 Å². The molecule has 2 aliphatic rings. The fourth-order valence-electron chi connectivity index (χ4n) is 3.30. The van der Waals surface area contributed by atoms with E-state index in [4.69, 9.17) is 0 Å². The molecule has 2 aliphatic heterocycles. The maximum atomic E-state index is 12.3. The number of aromatic amines is 1. The van der Waals surface area contributed by atoms with Crippen molar-refractivity contribution in [2.75, 3.05) is 0 Å². The molecule has 0 aromatic heterocycles. The van der Waals surface area contributed by atoms with Gasteiger partial charge >= 0.3 is 5.69 Å². The molecule has 0 saturated carbocycles. The third-order valence-electron chi connectivity index (χ3n) is 4.48. The van der Waals surface area contributed by atoms with Gasteiger partial charge in [-0.25, -0.2) is 4.79 Å². The minimum atomic E-state index is -0.743. The van der Waals surface area contributed by atoms with Gasteiger partial charge in [0.25, 0.3) is 11.2 Å². The molecule has 1 N–H and O–H groups in total. The molecule has 8 nitrogen and oxygen atoms in total. The molecular weight excluding hydrogens is 348 g/mol. The molecule has 134 valence electrons. The third-order valence-corrected chi connectivity index (χ3v) is 4.48. The molecule has 8 heteroatoms. The van der Waals surface area contributed by atoms with Crippen molar-refractivity contribution in [1.29, 1.82) is 0 Å². The summed E-state index contributed by atoms with van der Waals surface area (Å²) in [6.07, 6.45) is 0. The molecule has 0 atom stereocenters. The van der Waals surface area contributed by atoms with Crippen LogP contribution in [0.2, 0.25) is 0 Å². The minimum Gasteiger partial charge on any atom is -0.293 e. The van der Waals surface area contributed by atoms with Crippen molar-refractivity contribution in [3.63, 3.8) is 0 Å². The molecule has 27 heavy (non-hydrogen) atoms. The highest BCUT2D eigenvalue weighted by atomic mass is 16.6. The number of non-ortho nitro benzene ring substituents is 1. The molecule has 0 amide bonds. The number of nitrogens with zero attached hydrogens (tertiary/aromatic N) is 3. The SMILES string of the molecule is Cc1ccc(-n2c3nc(=O)[nH]c(=O)c-3cc3cc([N+](=O)[O-])ccc32)c(C)c1. The van der Waals surface area contributed by atoms with Crippen molar-refractivity contribution in [3.05, 3.63) is 84.5 Å². The Hall–Kier alpha value is -3.81. The fraction of sp³-hybridized carbons (Fsp3) is 0.105. The predicted molar refractivity (Wildman–Crippen MR) is 101 cm³/mol. The zero-order valence-corrected chi connectivity index (χ0v) is 14.5. The van der Waals surface area contributed by atoms with Gasteiger partial charge < -0.3 is 0 Å². The molecule has 2 heterocycles. The van der Waals surface area contributed by atoms with Gasteiger partial charge in [-0.15, -0.1) is 0 Å². The summed E-state index contributed by atoms with van der Waals surface area (Å²) in [5, 5.41) is 11.6. The van der Waals surface area contributed by atoms with Crippen molar-refractivity contribution in [1.82, 2.24) is 14.5 Å². The average Bonchev–Trinajstić information content (AvgIpc) is 2.60. The average molecular weight is 362 g/mol. The highest BCUT2D eigenvalue weighted by Crippen LogP contribution is 2.31. The van der Waals surface area contributed by atoms with Crippen molar-refractivity contribution >= 4 is 16.6 Å². The Bertz CT molecular complexity index is 1320. The van der Waals surface area contributed by atoms with Gasteiger partial charge in [0, 0.05) is 17.5 Å². The standard InChI is InChI=1S/C19H14N4O4/c1-10-3-5-15(11(2)7-10)22-16-6-4-13(23(26)27)8-12(16)9-14-17(22)20-19(25)21-18(14)24/h3-9H,1-2H3,(H,21,24,25). The summed E-state index contributed by atoms with van der Waals surface area (Å²) in [5.41, 5.74) is 2.10. The number of aromatic nitrogens is 3. The van der Waals surface area contributed by atoms with Crippen LogP contribution in [0.5, 0.6) is 0 Å². The van der Waals surface area contributed by atoms with Gasteiger partial charge in [0.1, 0.15) is 0 Å². The predicted octanol–water partition coefficient (Wildman–Crippen LogP) is 2.70. The number of nitro benzene ring substituents is 1. The lowest BCUT2D eigenvalue weighted by molar-refractivity contribution is -0.384. The quantitative estimate of drug-likeness (QED) is 0.335. The molecular formula is C19H14N4O4. The van der Waals surface area contributed by atoms with Crippen LogP contribution in [0.25, 0.3) is 28.0 Å². The number of hydrogen-bond acceptors (Lipinski definition) is 5. The monoisotopic (exact) mass is 362 g/mol. The molecule has 0 unspecified atom stereocenters. The Kier molecular flexibility index (Phi) is 3.62. The molecule has 0 radical (unpaired) electrons. The van der Waals surface area contributed by atoms with Crippen LogP contribution in [0.1, 0.15) is 11.1 Å². The van der Waals surface area contributed by atoms with Gasteiger partial charge in [-0.3, -0.25) is 24.5 Å². The first-order valence-corrected chi connectivity index (χ1v) is 8.17. The lowest BCUT2D eigenvalue weighted by Crippen LogP contribution is -2.27. The van der Waals surface area contributed by atoms with Gasteiger partial charge in [0.2, 0.25) is 0 Å². The summed E-state index contributed by atoms with van der Waals surface area (Å²) < 4.78 is 1.69. The third kappa shape index (κ3) is 2.67. The Labute approximate surface area is 152 Å². The van der Waals surface area contributed by atoms with Crippen LogP contribution in [0.3, 0.4) is 0 Å². The number of nitro groups is 1. The highest BCUT2D eigenvalue weighted by molar-refractivity contribution is 5.89. The zero-order chi connectivity index (χ0) is 19.3. The van der Waals surface area contributed by atoms with E-state index in [2.05, 4.69) is 9.97 Å². The number of H-pyrrole nitrogens is 1. The van der Waals surface area contributed by atoms with E-state index in [0.29, 0.717) is 10.9 Å². The van der Waals surface area contributed by atoms with Crippen molar-refractivity contribution in [2.45, 2.75) is 13.8 Å². The van der Waals surface area contributed by atoms with Gasteiger partial charge in [-0.05, 0) is 37.6 Å². The second kappa shape index (κ2) is 5.87. The Morgan fingerprint density at radius 3 is 2.56 bits per heavy atom. The second-order valence-corrected chi connectivity index (χ2v) is 6.38. The lowest BCUT2D eigenvalue weighted by atomic mass is 10.1. The highest BCUT2D eigenvalue weighted by Gasteiger charge is 2.20. The Morgan fingerprint density at radius 2 is 1.85 bits per heavy atom. The van der Waals surface area contributed by atoms with E-state index in [-0.39, 0.29) is 17.1 Å². The smallest absolute Gasteiger partial charge is 0.293 e. The molecule has 0 fully saturated rings. The number of rotatable bonds is 2. The number of fused-ring (bicyclic) bond motifs is 2. The Morgan fingerprint density at radius 1 is 1.07 bits per heavy atom. The maximum Gasteiger partial charge on any atom is 0.349 e. The summed E-state index contributed by atoms with van der Waals surface area (Å²) in [4.78, 5) is 41.0. The first-order chi connectivity index (χ1) is 12.8. The molecule has 0 spiro atoms. The molecule has 4 rings (SSSR count). The summed E-state index contributed by atoms with van der Waals surface area (Å²) in [6, 6.07) is 11.7. The molecule has 0 bridgehead atoms. The largest absolute Gasteiger partial charge is 0.349 e. The molecule has 2 aromatic carbocycles. The number of hydrogen-bond donors (Lipinski definition) is 1. The second-order valence-electron chi connectivity index (χ2n) is 6.38. The van der Waals surface area contributed by atoms with Gasteiger partial charge in [-0.1, -0.05) is 17.7 Å². The maximum absolute atomic E-state index is 12.3. The van der Waals surface area contributed by atoms with E-state index in [0.717, 1.165) is 16.8 Å². The number of nitrogens with one attached hydrogen (secondary N) is 1. The van der Waals surface area contributed by atoms with Crippen LogP contribution >= 0.6 is 0 Å². The summed E-state index contributed by atoms with van der Waals surface area (Å²) in [5.74, 6) is 0.206. The summed E-state index contributed by atoms with van der Waals surface area (Å²) in [7, 11) is 0. The Balaban J connectivity index is 2.23. The van der Waals surface area contributed by atoms with Gasteiger partial charge in [-0.2, -0.15) is 4.98 Å². The van der Waals surface area contributed by atoms with E-state index >= 15 is 0 Å². The minimum absolute atomic E-state index is 0.0844. The van der Waals surface area contributed by atoms with Crippen molar-refractivity contribution in [3.8, 4) is 17.1 Å². The molecule has 0 aliphatic carbocycles. The molecule has 2 aromatic rings. The van der Waals surface area contributed by atoms with Crippen LogP contribution in [-0.4, -0.2) is 19.5 Å². The zero-order valence-electron chi connectivity index (χ0n) is 14.5. The van der Waals surface area contributed by atoms with E-state index in [1.807, 2.05) is 32.0 Å². The topological polar surface area (TPSA) is 111 Å². The number of benzene rings is 2. The van der Waals surface area contributed by atoms with Crippen molar-refractivity contribution in [2.24, 2.45) is 0 Å². The van der Waals surface area contributed by atoms with Gasteiger partial charge in [0.05, 0.1) is 21.7 Å². The fourth-order valence-corrected chi connectivity index (χ4v) is 3.30. The van der Waals surface area contributed by atoms with Gasteiger partial charge in [0.15, 0.2) is 5.82 Å². The number of pyridine rings is 1. The van der Waals surface area contributed by atoms with E-state index < -0.39 is 16.2 Å². The summed E-state index contributed by atoms with van der Waals surface area (Å²) >= 11 is 0. The van der Waals surface area contributed by atoms with Crippen LogP contribution in [0.4, 0.5) is 5.69 Å². The summed E-state index contributed by atoms with van der Waals surface area (Å²) in [6.45, 7) is 3.88. The van der Waals surface area contributed by atoms with E-state index in [1.165, 1.54) is 18.2 Å². The van der Waals surface area contributed by atoms with Crippen LogP contribution in [-0.2, 0) is 0 Å². The number of aryl methyl sites for hydroxylation is 2. The van der Waals surface area contributed by atoms with Crippen LogP contribution in [0.15, 0.2) is 52.1 Å². The molecule has 0 saturated heterocycles. The van der Waals surface area contributed by atoms with E-state index in [9.17, 15) is 19.7 Å². The van der Waals surface area contributed by atoms with Crippen LogP contribution in [0, 0.1) is 24.0 Å². The first kappa shape index (κ1) is 16.6.